The van der Waals surface area contributed by atoms with Crippen molar-refractivity contribution in [3.63, 3.8) is 0 Å². The van der Waals surface area contributed by atoms with Gasteiger partial charge in [-0.15, -0.1) is 0 Å². The van der Waals surface area contributed by atoms with Gasteiger partial charge in [-0.3, -0.25) is 0 Å². The number of hydrogen-bond donors (Lipinski definition) is 1. The molecule has 4 nitrogen and oxygen atoms in total. The molecular weight excluding hydrogens is 274 g/mol. The van der Waals surface area contributed by atoms with Gasteiger partial charge in [0.2, 0.25) is 9.84 Å². The van der Waals surface area contributed by atoms with Crippen molar-refractivity contribution in [3.8, 4) is 0 Å². The quantitative estimate of drug-likeness (QED) is 0.892. The second-order valence-electron chi connectivity index (χ2n) is 4.40. The Kier molecular flexibility index (Phi) is 4.05. The number of benzene rings is 1. The maximum absolute atomic E-state index is 12.4. The van der Waals surface area contributed by atoms with Crippen molar-refractivity contribution in [2.24, 2.45) is 0 Å². The molecule has 0 unspecified atom stereocenters. The fourth-order valence-corrected chi connectivity index (χ4v) is 2.80. The monoisotopic (exact) mass is 290 g/mol. The molecule has 1 aliphatic heterocycles. The largest absolute Gasteiger partial charge is 0.366 e. The molecule has 1 fully saturated rings. The summed E-state index contributed by atoms with van der Waals surface area (Å²) in [4.78, 5) is 1.78. The Labute approximate surface area is 111 Å². The van der Waals surface area contributed by atoms with E-state index in [9.17, 15) is 17.2 Å². The lowest BCUT2D eigenvalue weighted by Gasteiger charge is -2.39. The van der Waals surface area contributed by atoms with E-state index in [1.807, 2.05) is 6.92 Å². The van der Waals surface area contributed by atoms with E-state index < -0.39 is 15.6 Å². The van der Waals surface area contributed by atoms with Crippen molar-refractivity contribution in [2.75, 3.05) is 24.5 Å². The number of anilines is 1. The maximum atomic E-state index is 12.4. The number of nitrogens with one attached hydrogen (secondary N) is 1. The highest BCUT2D eigenvalue weighted by molar-refractivity contribution is 7.91. The van der Waals surface area contributed by atoms with Crippen LogP contribution < -0.4 is 10.2 Å². The summed E-state index contributed by atoms with van der Waals surface area (Å²) in [6, 6.07) is 6.02. The van der Waals surface area contributed by atoms with E-state index in [1.165, 1.54) is 12.1 Å². The number of likely N-dealkylation sites (N-methyl/N-ethyl adjacent to an activating group) is 1. The molecule has 0 aromatic heterocycles. The average molecular weight is 290 g/mol. The van der Waals surface area contributed by atoms with Crippen molar-refractivity contribution < 1.29 is 17.2 Å². The summed E-state index contributed by atoms with van der Waals surface area (Å²) >= 11 is 0. The molecule has 0 saturated carbocycles. The standard InChI is InChI=1S/C12H16F2N2O2S/c1-2-16(10-7-15-8-10)9-3-5-11(6-4-9)19(17,18)12(13)14/h3-6,10,12,15H,2,7-8H2,1H3. The van der Waals surface area contributed by atoms with Crippen LogP contribution >= 0.6 is 0 Å². The van der Waals surface area contributed by atoms with E-state index in [2.05, 4.69) is 10.2 Å². The normalized spacial score (nSPS) is 16.4. The first-order valence-electron chi connectivity index (χ1n) is 6.06. The van der Waals surface area contributed by atoms with Gasteiger partial charge in [-0.1, -0.05) is 0 Å². The number of sulfone groups is 1. The molecule has 1 saturated heterocycles. The molecule has 0 radical (unpaired) electrons. The molecule has 1 aromatic carbocycles. The molecule has 1 aromatic rings. The Hall–Kier alpha value is -1.21. The number of alkyl halides is 2. The van der Waals surface area contributed by atoms with Crippen molar-refractivity contribution in [2.45, 2.75) is 23.6 Å². The minimum Gasteiger partial charge on any atom is -0.366 e. The van der Waals surface area contributed by atoms with Gasteiger partial charge in [-0.25, -0.2) is 8.42 Å². The van der Waals surface area contributed by atoms with Gasteiger partial charge in [0.05, 0.1) is 10.9 Å². The third-order valence-electron chi connectivity index (χ3n) is 3.27. The lowest BCUT2D eigenvalue weighted by molar-refractivity contribution is 0.234. The van der Waals surface area contributed by atoms with Gasteiger partial charge in [0.1, 0.15) is 0 Å². The Balaban J connectivity index is 2.22. The summed E-state index contributed by atoms with van der Waals surface area (Å²) in [7, 11) is -4.50. The fourth-order valence-electron chi connectivity index (χ4n) is 2.08. The highest BCUT2D eigenvalue weighted by Crippen LogP contribution is 2.24. The average Bonchev–Trinajstić information content (AvgIpc) is 2.33. The molecule has 0 aliphatic carbocycles. The third kappa shape index (κ3) is 2.71. The van der Waals surface area contributed by atoms with Gasteiger partial charge in [0, 0.05) is 25.3 Å². The lowest BCUT2D eigenvalue weighted by atomic mass is 10.1. The van der Waals surface area contributed by atoms with E-state index >= 15 is 0 Å². The Bertz CT molecular complexity index is 527. The minimum atomic E-state index is -4.50. The van der Waals surface area contributed by atoms with Crippen LogP contribution in [0.15, 0.2) is 29.2 Å². The summed E-state index contributed by atoms with van der Waals surface area (Å²) in [6.45, 7) is 4.55. The molecule has 0 amide bonds. The summed E-state index contributed by atoms with van der Waals surface area (Å²) in [6.07, 6.45) is 0. The molecule has 0 spiro atoms. The molecule has 0 bridgehead atoms. The van der Waals surface area contributed by atoms with Gasteiger partial charge in [-0.2, -0.15) is 8.78 Å². The first-order chi connectivity index (χ1) is 8.96. The van der Waals surface area contributed by atoms with Crippen LogP contribution in [0, 0.1) is 0 Å². The van der Waals surface area contributed by atoms with E-state index in [1.54, 1.807) is 12.1 Å². The first kappa shape index (κ1) is 14.2. The first-order valence-corrected chi connectivity index (χ1v) is 7.61. The van der Waals surface area contributed by atoms with Crippen LogP contribution in [0.5, 0.6) is 0 Å². The molecule has 1 heterocycles. The zero-order valence-electron chi connectivity index (χ0n) is 10.5. The van der Waals surface area contributed by atoms with Crippen LogP contribution in [0.2, 0.25) is 0 Å². The molecule has 106 valence electrons. The zero-order chi connectivity index (χ0) is 14.0. The predicted octanol–water partition coefficient (Wildman–Crippen LogP) is 1.48. The summed E-state index contributed by atoms with van der Waals surface area (Å²) in [5, 5.41) is 3.16. The van der Waals surface area contributed by atoms with E-state index in [0.29, 0.717) is 6.04 Å². The van der Waals surface area contributed by atoms with Crippen LogP contribution in [-0.4, -0.2) is 39.9 Å². The van der Waals surface area contributed by atoms with Crippen LogP contribution in [0.1, 0.15) is 6.92 Å². The number of halogens is 2. The minimum absolute atomic E-state index is 0.339. The van der Waals surface area contributed by atoms with E-state index in [4.69, 9.17) is 0 Å². The Morgan fingerprint density at radius 3 is 2.26 bits per heavy atom. The highest BCUT2D eigenvalue weighted by Gasteiger charge is 2.27. The molecule has 1 N–H and O–H groups in total. The highest BCUT2D eigenvalue weighted by atomic mass is 32.2. The van der Waals surface area contributed by atoms with Crippen LogP contribution in [0.25, 0.3) is 0 Å². The lowest BCUT2D eigenvalue weighted by Crippen LogP contribution is -2.57. The van der Waals surface area contributed by atoms with Gasteiger partial charge in [0.25, 0.3) is 0 Å². The predicted molar refractivity (Wildman–Crippen MR) is 69.3 cm³/mol. The Morgan fingerprint density at radius 2 is 1.89 bits per heavy atom. The molecule has 19 heavy (non-hydrogen) atoms. The third-order valence-corrected chi connectivity index (χ3v) is 4.67. The SMILES string of the molecule is CCN(c1ccc(S(=O)(=O)C(F)F)cc1)C1CNC1. The van der Waals surface area contributed by atoms with Crippen molar-refractivity contribution >= 4 is 15.5 Å². The molecular formula is C12H16F2N2O2S. The maximum Gasteiger partial charge on any atom is 0.341 e. The summed E-state index contributed by atoms with van der Waals surface area (Å²) in [5.74, 6) is -3.38. The van der Waals surface area contributed by atoms with Crippen molar-refractivity contribution in [1.82, 2.24) is 5.32 Å². The van der Waals surface area contributed by atoms with Gasteiger partial charge in [0.15, 0.2) is 0 Å². The number of hydrogen-bond acceptors (Lipinski definition) is 4. The molecule has 1 aliphatic rings. The van der Waals surface area contributed by atoms with Crippen LogP contribution in [0.3, 0.4) is 0 Å². The molecule has 0 atom stereocenters. The van der Waals surface area contributed by atoms with Crippen LogP contribution in [0.4, 0.5) is 14.5 Å². The molecule has 2 rings (SSSR count). The van der Waals surface area contributed by atoms with Gasteiger partial charge in [-0.05, 0) is 31.2 Å². The fraction of sp³-hybridized carbons (Fsp3) is 0.500. The summed E-state index contributed by atoms with van der Waals surface area (Å²) < 4.78 is 47.4. The Morgan fingerprint density at radius 1 is 1.32 bits per heavy atom. The zero-order valence-corrected chi connectivity index (χ0v) is 11.3. The van der Waals surface area contributed by atoms with Gasteiger partial charge >= 0.3 is 5.76 Å². The van der Waals surface area contributed by atoms with Crippen molar-refractivity contribution in [3.05, 3.63) is 24.3 Å². The summed E-state index contributed by atoms with van der Waals surface area (Å²) in [5.41, 5.74) is 0.849. The van der Waals surface area contributed by atoms with E-state index in [0.717, 1.165) is 25.3 Å². The van der Waals surface area contributed by atoms with E-state index in [-0.39, 0.29) is 4.90 Å². The second kappa shape index (κ2) is 5.42. The molecule has 7 heteroatoms. The number of rotatable bonds is 5. The number of nitrogens with zero attached hydrogens (tertiary/aromatic N) is 1. The second-order valence-corrected chi connectivity index (χ2v) is 6.32. The topological polar surface area (TPSA) is 49.4 Å². The smallest absolute Gasteiger partial charge is 0.341 e. The van der Waals surface area contributed by atoms with Crippen molar-refractivity contribution in [1.29, 1.82) is 0 Å². The van der Waals surface area contributed by atoms with Gasteiger partial charge < -0.3 is 10.2 Å². The van der Waals surface area contributed by atoms with Crippen LogP contribution in [-0.2, 0) is 9.84 Å².